The number of hydrogen-bond acceptors (Lipinski definition) is 5. The molecule has 2 N–H and O–H groups in total. The van der Waals surface area contributed by atoms with Crippen LogP contribution in [-0.4, -0.2) is 37.5 Å². The highest BCUT2D eigenvalue weighted by atomic mass is 19.1. The summed E-state index contributed by atoms with van der Waals surface area (Å²) in [6.45, 7) is 0.754. The maximum absolute atomic E-state index is 13.4. The van der Waals surface area contributed by atoms with Crippen molar-refractivity contribution in [1.29, 1.82) is 0 Å². The van der Waals surface area contributed by atoms with E-state index in [4.69, 9.17) is 9.47 Å². The van der Waals surface area contributed by atoms with Gasteiger partial charge in [-0.15, -0.1) is 0 Å². The summed E-state index contributed by atoms with van der Waals surface area (Å²) in [4.78, 5) is 28.0. The Morgan fingerprint density at radius 3 is 2.40 bits per heavy atom. The zero-order chi connectivity index (χ0) is 28.1. The van der Waals surface area contributed by atoms with Gasteiger partial charge in [0, 0.05) is 35.5 Å². The lowest BCUT2D eigenvalue weighted by Gasteiger charge is -2.27. The summed E-state index contributed by atoms with van der Waals surface area (Å²) >= 11 is 0. The Morgan fingerprint density at radius 1 is 0.875 bits per heavy atom. The zero-order valence-corrected chi connectivity index (χ0v) is 22.3. The minimum atomic E-state index is -0.447. The van der Waals surface area contributed by atoms with Crippen molar-refractivity contribution < 1.29 is 23.5 Å². The summed E-state index contributed by atoms with van der Waals surface area (Å²) in [7, 11) is 3.18. The van der Waals surface area contributed by atoms with Gasteiger partial charge in [-0.3, -0.25) is 9.59 Å². The van der Waals surface area contributed by atoms with Crippen molar-refractivity contribution in [3.05, 3.63) is 125 Å². The number of rotatable bonds is 10. The second kappa shape index (κ2) is 11.9. The molecule has 0 aliphatic carbocycles. The van der Waals surface area contributed by atoms with Crippen LogP contribution >= 0.6 is 0 Å². The molecular weight excluding hydrogens is 509 g/mol. The Hall–Kier alpha value is -4.85. The number of fused-ring (bicyclic) bond motifs is 1. The predicted octanol–water partition coefficient (Wildman–Crippen LogP) is 5.58. The summed E-state index contributed by atoms with van der Waals surface area (Å²) in [5, 5.41) is 6.40. The number of methoxy groups -OCH3 is 2. The van der Waals surface area contributed by atoms with Gasteiger partial charge in [-0.25, -0.2) is 4.39 Å². The van der Waals surface area contributed by atoms with Crippen molar-refractivity contribution in [3.63, 3.8) is 0 Å². The Balaban J connectivity index is 1.28. The molecule has 7 nitrogen and oxygen atoms in total. The largest absolute Gasteiger partial charge is 0.493 e. The number of carbonyl (C=O) groups excluding carboxylic acids is 2. The molecule has 2 amide bonds. The van der Waals surface area contributed by atoms with E-state index in [0.29, 0.717) is 47.8 Å². The fourth-order valence-corrected chi connectivity index (χ4v) is 4.84. The van der Waals surface area contributed by atoms with Crippen molar-refractivity contribution in [2.24, 2.45) is 0 Å². The normalized spacial score (nSPS) is 14.0. The smallest absolute Gasteiger partial charge is 0.256 e. The molecule has 1 atom stereocenters. The summed E-state index contributed by atoms with van der Waals surface area (Å²) in [6.07, 6.45) is 0.181. The van der Waals surface area contributed by atoms with Gasteiger partial charge in [-0.2, -0.15) is 0 Å². The molecule has 1 unspecified atom stereocenters. The molecule has 0 bridgehead atoms. The van der Waals surface area contributed by atoms with E-state index in [9.17, 15) is 14.0 Å². The van der Waals surface area contributed by atoms with Crippen LogP contribution in [0.3, 0.4) is 0 Å². The Kier molecular flexibility index (Phi) is 7.96. The minimum absolute atomic E-state index is 0.110. The summed E-state index contributed by atoms with van der Waals surface area (Å²) in [5.41, 5.74) is 4.49. The number of amides is 2. The molecule has 4 aromatic carbocycles. The molecule has 1 aliphatic rings. The lowest BCUT2D eigenvalue weighted by Crippen LogP contribution is -2.32. The van der Waals surface area contributed by atoms with Gasteiger partial charge in [0.25, 0.3) is 11.8 Å². The highest BCUT2D eigenvalue weighted by molar-refractivity contribution is 5.99. The molecule has 0 fully saturated rings. The topological polar surface area (TPSA) is 79.9 Å². The number of nitrogens with one attached hydrogen (secondary N) is 2. The monoisotopic (exact) mass is 539 g/mol. The maximum Gasteiger partial charge on any atom is 0.256 e. The van der Waals surface area contributed by atoms with E-state index in [1.54, 1.807) is 55.5 Å². The molecule has 1 heterocycles. The first kappa shape index (κ1) is 26.7. The quantitative estimate of drug-likeness (QED) is 0.275. The van der Waals surface area contributed by atoms with Gasteiger partial charge < -0.3 is 25.0 Å². The van der Waals surface area contributed by atoms with Gasteiger partial charge in [0.2, 0.25) is 0 Å². The highest BCUT2D eigenvalue weighted by Crippen LogP contribution is 2.35. The van der Waals surface area contributed by atoms with Gasteiger partial charge in [-0.1, -0.05) is 42.5 Å². The predicted molar refractivity (Wildman–Crippen MR) is 151 cm³/mol. The molecule has 0 saturated heterocycles. The fourth-order valence-electron chi connectivity index (χ4n) is 4.84. The summed E-state index contributed by atoms with van der Waals surface area (Å²) < 4.78 is 24.1. The van der Waals surface area contributed by atoms with E-state index in [2.05, 4.69) is 10.6 Å². The maximum atomic E-state index is 13.4. The lowest BCUT2D eigenvalue weighted by atomic mass is 10.1. The third-order valence-electron chi connectivity index (χ3n) is 6.90. The van der Waals surface area contributed by atoms with E-state index in [1.807, 2.05) is 42.5 Å². The third kappa shape index (κ3) is 5.76. The van der Waals surface area contributed by atoms with Crippen molar-refractivity contribution in [2.45, 2.75) is 19.1 Å². The average molecular weight is 540 g/mol. The van der Waals surface area contributed by atoms with Gasteiger partial charge in [0.15, 0.2) is 11.5 Å². The lowest BCUT2D eigenvalue weighted by molar-refractivity contribution is 0.0728. The molecule has 40 heavy (non-hydrogen) atoms. The fraction of sp³-hybridized carbons (Fsp3) is 0.188. The molecule has 1 aliphatic heterocycles. The molecule has 5 rings (SSSR count). The number of benzene rings is 4. The van der Waals surface area contributed by atoms with Crippen LogP contribution in [0.5, 0.6) is 11.5 Å². The van der Waals surface area contributed by atoms with Crippen LogP contribution in [0, 0.1) is 5.82 Å². The number of ether oxygens (including phenoxy) is 2. The van der Waals surface area contributed by atoms with Gasteiger partial charge >= 0.3 is 0 Å². The van der Waals surface area contributed by atoms with Crippen LogP contribution in [0.4, 0.5) is 10.1 Å². The van der Waals surface area contributed by atoms with E-state index in [1.165, 1.54) is 12.1 Å². The molecule has 204 valence electrons. The first-order valence-corrected chi connectivity index (χ1v) is 13.0. The second-order valence-electron chi connectivity index (χ2n) is 9.47. The van der Waals surface area contributed by atoms with Crippen LogP contribution in [0.1, 0.15) is 43.6 Å². The van der Waals surface area contributed by atoms with Crippen molar-refractivity contribution >= 4 is 17.5 Å². The molecule has 8 heteroatoms. The highest BCUT2D eigenvalue weighted by Gasteiger charge is 2.36. The van der Waals surface area contributed by atoms with Crippen LogP contribution in [0.25, 0.3) is 0 Å². The minimum Gasteiger partial charge on any atom is -0.493 e. The molecule has 0 spiro atoms. The number of anilines is 1. The number of nitrogens with zero attached hydrogens (tertiary/aromatic N) is 1. The zero-order valence-electron chi connectivity index (χ0n) is 22.3. The molecule has 0 radical (unpaired) electrons. The molecule has 0 aromatic heterocycles. The third-order valence-corrected chi connectivity index (χ3v) is 6.90. The van der Waals surface area contributed by atoms with Gasteiger partial charge in [0.05, 0.1) is 14.2 Å². The van der Waals surface area contributed by atoms with Crippen molar-refractivity contribution in [1.82, 2.24) is 10.2 Å². The second-order valence-corrected chi connectivity index (χ2v) is 9.47. The molecular formula is C32H30FN3O4. The Labute approximate surface area is 232 Å². The van der Waals surface area contributed by atoms with E-state index >= 15 is 0 Å². The molecule has 0 saturated carbocycles. The van der Waals surface area contributed by atoms with E-state index in [0.717, 1.165) is 16.7 Å². The van der Waals surface area contributed by atoms with Crippen molar-refractivity contribution in [3.8, 4) is 11.5 Å². The van der Waals surface area contributed by atoms with E-state index < -0.39 is 6.17 Å². The standard InChI is InChI=1S/C32H30FN3O4/c1-39-28-15-12-21(18-29(28)40-2)16-17-34-31(37)23-6-5-7-25(19-23)35-30-26-8-3-4-9-27(26)32(38)36(30)20-22-10-13-24(33)14-11-22/h3-15,18-19,30,35H,16-17,20H2,1-2H3,(H,34,37). The SMILES string of the molecule is COc1ccc(CCNC(=O)c2cccc(NC3c4ccccc4C(=O)N3Cc3ccc(F)cc3)c2)cc1OC. The summed E-state index contributed by atoms with van der Waals surface area (Å²) in [5.74, 6) is 0.665. The number of halogens is 1. The van der Waals surface area contributed by atoms with Crippen LogP contribution in [0.15, 0.2) is 91.0 Å². The Bertz CT molecular complexity index is 1520. The van der Waals surface area contributed by atoms with Crippen LogP contribution in [-0.2, 0) is 13.0 Å². The van der Waals surface area contributed by atoms with Gasteiger partial charge in [0.1, 0.15) is 12.0 Å². The van der Waals surface area contributed by atoms with Gasteiger partial charge in [-0.05, 0) is 66.1 Å². The first-order chi connectivity index (χ1) is 19.5. The first-order valence-electron chi connectivity index (χ1n) is 13.0. The van der Waals surface area contributed by atoms with Crippen molar-refractivity contribution in [2.75, 3.05) is 26.1 Å². The summed E-state index contributed by atoms with van der Waals surface area (Å²) in [6, 6.07) is 26.4. The Morgan fingerprint density at radius 2 is 1.62 bits per heavy atom. The number of hydrogen-bond donors (Lipinski definition) is 2. The average Bonchev–Trinajstić information content (AvgIpc) is 3.24. The van der Waals surface area contributed by atoms with Crippen LogP contribution in [0.2, 0.25) is 0 Å². The van der Waals surface area contributed by atoms with Crippen LogP contribution < -0.4 is 20.1 Å². The number of carbonyl (C=O) groups is 2. The van der Waals surface area contributed by atoms with E-state index in [-0.39, 0.29) is 17.6 Å². The molecule has 4 aromatic rings.